The lowest BCUT2D eigenvalue weighted by molar-refractivity contribution is 0.193. The van der Waals surface area contributed by atoms with Crippen molar-refractivity contribution in [2.24, 2.45) is 0 Å². The molecule has 0 saturated heterocycles. The fourth-order valence-electron chi connectivity index (χ4n) is 7.78. The number of hydrogen-bond acceptors (Lipinski definition) is 3. The van der Waals surface area contributed by atoms with Gasteiger partial charge in [-0.2, -0.15) is 0 Å². The molecule has 0 saturated carbocycles. The lowest BCUT2D eigenvalue weighted by Crippen LogP contribution is -2.27. The van der Waals surface area contributed by atoms with Crippen molar-refractivity contribution in [2.45, 2.75) is 271 Å². The number of unbranched alkanes of at least 4 members (excludes halogenated alkanes) is 37. The number of nitrogens with zero attached hydrogens (tertiary/aromatic N) is 1. The Hall–Kier alpha value is 0.0700. The van der Waals surface area contributed by atoms with Gasteiger partial charge >= 0.3 is 7.82 Å². The Morgan fingerprint density at radius 2 is 0.519 bits per heavy atom. The first-order valence-corrected chi connectivity index (χ1v) is 25.4. The maximum atomic E-state index is 10.7. The van der Waals surface area contributed by atoms with Gasteiger partial charge in [0, 0.05) is 0 Å². The van der Waals surface area contributed by atoms with Crippen molar-refractivity contribution in [3.63, 3.8) is 0 Å². The zero-order valence-electron chi connectivity index (χ0n) is 35.7. The van der Waals surface area contributed by atoms with Crippen LogP contribution in [0.15, 0.2) is 0 Å². The SMILES string of the molecule is CCCCCCCCCCCCCCCCN(CCCCCCCCCCCCCCCC)CCCCCCCCCCCCCCOP(=O)(O)O. The van der Waals surface area contributed by atoms with E-state index in [9.17, 15) is 4.57 Å². The van der Waals surface area contributed by atoms with Gasteiger partial charge in [-0.3, -0.25) is 4.52 Å². The summed E-state index contributed by atoms with van der Waals surface area (Å²) in [5, 5.41) is 0. The van der Waals surface area contributed by atoms with E-state index in [4.69, 9.17) is 9.79 Å². The minimum Gasteiger partial charge on any atom is -0.303 e. The summed E-state index contributed by atoms with van der Waals surface area (Å²) in [6.45, 7) is 8.75. The van der Waals surface area contributed by atoms with Gasteiger partial charge in [0.2, 0.25) is 0 Å². The van der Waals surface area contributed by atoms with Crippen LogP contribution in [0.5, 0.6) is 0 Å². The van der Waals surface area contributed by atoms with Gasteiger partial charge in [0.05, 0.1) is 6.61 Å². The van der Waals surface area contributed by atoms with Gasteiger partial charge in [-0.25, -0.2) is 4.57 Å². The molecule has 0 radical (unpaired) electrons. The highest BCUT2D eigenvalue weighted by molar-refractivity contribution is 7.46. The van der Waals surface area contributed by atoms with Crippen molar-refractivity contribution >= 4 is 7.82 Å². The predicted molar refractivity (Wildman–Crippen MR) is 230 cm³/mol. The fraction of sp³-hybridized carbons (Fsp3) is 1.00. The molecule has 0 unspecified atom stereocenters. The molecular formula is C46H96NO4P. The molecule has 0 amide bonds. The van der Waals surface area contributed by atoms with E-state index in [2.05, 4.69) is 23.3 Å². The molecule has 0 atom stereocenters. The standard InChI is InChI=1S/C46H96NO4P/c1-3-5-7-9-11-13-15-17-19-23-27-31-35-39-43-47(44-40-36-32-28-24-20-18-16-14-12-10-8-6-4-2)45-41-37-33-29-25-21-22-26-30-34-38-42-46-51-52(48,49)50/h3-46H2,1-2H3,(H2,48,49,50). The summed E-state index contributed by atoms with van der Waals surface area (Å²) >= 11 is 0. The van der Waals surface area contributed by atoms with E-state index < -0.39 is 7.82 Å². The summed E-state index contributed by atoms with van der Waals surface area (Å²) in [5.74, 6) is 0. The van der Waals surface area contributed by atoms with Crippen LogP contribution < -0.4 is 0 Å². The number of hydrogen-bond donors (Lipinski definition) is 2. The Morgan fingerprint density at radius 1 is 0.327 bits per heavy atom. The molecule has 0 rings (SSSR count). The molecule has 0 spiro atoms. The molecular weight excluding hydrogens is 661 g/mol. The topological polar surface area (TPSA) is 70.0 Å². The van der Waals surface area contributed by atoms with Crippen LogP contribution in [0.25, 0.3) is 0 Å². The molecule has 0 aromatic heterocycles. The van der Waals surface area contributed by atoms with Crippen LogP contribution in [0, 0.1) is 0 Å². The summed E-state index contributed by atoms with van der Waals surface area (Å²) in [6.07, 6.45) is 55.4. The Kier molecular flexibility index (Phi) is 43.9. The Morgan fingerprint density at radius 3 is 0.731 bits per heavy atom. The monoisotopic (exact) mass is 758 g/mol. The van der Waals surface area contributed by atoms with E-state index in [0.29, 0.717) is 0 Å². The van der Waals surface area contributed by atoms with Crippen molar-refractivity contribution in [1.82, 2.24) is 4.90 Å². The highest BCUT2D eigenvalue weighted by Crippen LogP contribution is 2.35. The molecule has 0 aliphatic rings. The van der Waals surface area contributed by atoms with E-state index in [1.807, 2.05) is 0 Å². The first-order valence-electron chi connectivity index (χ1n) is 23.9. The molecule has 0 aromatic rings. The smallest absolute Gasteiger partial charge is 0.303 e. The third kappa shape index (κ3) is 46.2. The molecule has 5 nitrogen and oxygen atoms in total. The molecule has 0 bridgehead atoms. The summed E-state index contributed by atoms with van der Waals surface area (Å²) in [5.41, 5.74) is 0. The number of phosphoric acid groups is 1. The molecule has 0 fully saturated rings. The molecule has 0 aromatic carbocycles. The van der Waals surface area contributed by atoms with Crippen molar-refractivity contribution < 1.29 is 18.9 Å². The second kappa shape index (κ2) is 43.8. The Bertz CT molecular complexity index is 670. The van der Waals surface area contributed by atoms with Crippen molar-refractivity contribution in [3.05, 3.63) is 0 Å². The van der Waals surface area contributed by atoms with Gasteiger partial charge < -0.3 is 14.7 Å². The number of rotatable bonds is 46. The zero-order valence-corrected chi connectivity index (χ0v) is 36.6. The third-order valence-corrected chi connectivity index (χ3v) is 11.8. The maximum absolute atomic E-state index is 10.7. The van der Waals surface area contributed by atoms with Gasteiger partial charge in [-0.15, -0.1) is 0 Å². The highest BCUT2D eigenvalue weighted by Gasteiger charge is 2.12. The third-order valence-electron chi connectivity index (χ3n) is 11.3. The van der Waals surface area contributed by atoms with E-state index >= 15 is 0 Å². The lowest BCUT2D eigenvalue weighted by atomic mass is 10.0. The quantitative estimate of drug-likeness (QED) is 0.0478. The summed E-state index contributed by atoms with van der Waals surface area (Å²) in [4.78, 5) is 20.3. The zero-order chi connectivity index (χ0) is 37.9. The normalized spacial score (nSPS) is 12.1. The van der Waals surface area contributed by atoms with Gasteiger partial charge in [0.15, 0.2) is 0 Å². The lowest BCUT2D eigenvalue weighted by Gasteiger charge is -2.22. The molecule has 6 heteroatoms. The van der Waals surface area contributed by atoms with Gasteiger partial charge in [-0.05, 0) is 45.3 Å². The van der Waals surface area contributed by atoms with Crippen LogP contribution in [0.1, 0.15) is 271 Å². The molecule has 314 valence electrons. The maximum Gasteiger partial charge on any atom is 0.469 e. The van der Waals surface area contributed by atoms with Crippen LogP contribution in [-0.4, -0.2) is 40.9 Å². The molecule has 2 N–H and O–H groups in total. The first kappa shape index (κ1) is 52.1. The van der Waals surface area contributed by atoms with Crippen LogP contribution in [0.4, 0.5) is 0 Å². The molecule has 52 heavy (non-hydrogen) atoms. The van der Waals surface area contributed by atoms with Crippen molar-refractivity contribution in [2.75, 3.05) is 26.2 Å². The predicted octanol–water partition coefficient (Wildman–Crippen LogP) is 16.0. The van der Waals surface area contributed by atoms with Crippen LogP contribution in [-0.2, 0) is 9.09 Å². The number of phosphoric ester groups is 1. The average molecular weight is 758 g/mol. The highest BCUT2D eigenvalue weighted by atomic mass is 31.2. The van der Waals surface area contributed by atoms with Crippen LogP contribution >= 0.6 is 7.82 Å². The van der Waals surface area contributed by atoms with Gasteiger partial charge in [0.25, 0.3) is 0 Å². The van der Waals surface area contributed by atoms with Crippen LogP contribution in [0.3, 0.4) is 0 Å². The van der Waals surface area contributed by atoms with Gasteiger partial charge in [0.1, 0.15) is 0 Å². The molecule has 0 aliphatic carbocycles. The second-order valence-electron chi connectivity index (χ2n) is 16.6. The average Bonchev–Trinajstić information content (AvgIpc) is 3.12. The summed E-state index contributed by atoms with van der Waals surface area (Å²) < 4.78 is 15.2. The minimum absolute atomic E-state index is 0.168. The Labute approximate surface area is 327 Å². The fourth-order valence-corrected chi connectivity index (χ4v) is 8.15. The van der Waals surface area contributed by atoms with Crippen molar-refractivity contribution in [1.29, 1.82) is 0 Å². The summed E-state index contributed by atoms with van der Waals surface area (Å²) in [6, 6.07) is 0. The van der Waals surface area contributed by atoms with Crippen molar-refractivity contribution in [3.8, 4) is 0 Å². The summed E-state index contributed by atoms with van der Waals surface area (Å²) in [7, 11) is -4.29. The largest absolute Gasteiger partial charge is 0.469 e. The minimum atomic E-state index is -4.29. The Balaban J connectivity index is 3.95. The van der Waals surface area contributed by atoms with Crippen LogP contribution in [0.2, 0.25) is 0 Å². The second-order valence-corrected chi connectivity index (χ2v) is 17.8. The van der Waals surface area contributed by atoms with E-state index in [1.165, 1.54) is 257 Å². The first-order chi connectivity index (χ1) is 25.5. The molecule has 0 aliphatic heterocycles. The van der Waals surface area contributed by atoms with Gasteiger partial charge in [-0.1, -0.05) is 245 Å². The molecule has 0 heterocycles. The van der Waals surface area contributed by atoms with E-state index in [1.54, 1.807) is 0 Å². The van der Waals surface area contributed by atoms with E-state index in [0.717, 1.165) is 19.3 Å². The van der Waals surface area contributed by atoms with E-state index in [-0.39, 0.29) is 6.61 Å².